The molecule has 0 spiro atoms. The molecule has 21 heavy (non-hydrogen) atoms. The van der Waals surface area contributed by atoms with E-state index in [9.17, 15) is 4.39 Å². The minimum Gasteiger partial charge on any atom is -0.378 e. The summed E-state index contributed by atoms with van der Waals surface area (Å²) in [6.07, 6.45) is 0. The molecule has 0 unspecified atom stereocenters. The number of H-pyrrole nitrogens is 1. The third kappa shape index (κ3) is 2.70. The van der Waals surface area contributed by atoms with E-state index in [2.05, 4.69) is 9.97 Å². The first kappa shape index (κ1) is 13.9. The van der Waals surface area contributed by atoms with Gasteiger partial charge >= 0.3 is 0 Å². The van der Waals surface area contributed by atoms with Gasteiger partial charge in [-0.1, -0.05) is 36.5 Å². The molecule has 1 N–H and O–H groups in total. The molecule has 0 aliphatic heterocycles. The van der Waals surface area contributed by atoms with Crippen LogP contribution in [0.4, 0.5) is 4.39 Å². The largest absolute Gasteiger partial charge is 0.378 e. The minimum atomic E-state index is -0.249. The zero-order chi connectivity index (χ0) is 14.8. The summed E-state index contributed by atoms with van der Waals surface area (Å²) in [6.45, 7) is 0.415. The third-order valence-electron chi connectivity index (χ3n) is 3.22. The molecule has 3 nitrogen and oxygen atoms in total. The first-order valence-electron chi connectivity index (χ1n) is 6.46. The van der Waals surface area contributed by atoms with Crippen LogP contribution in [0.5, 0.6) is 0 Å². The predicted molar refractivity (Wildman–Crippen MR) is 83.0 cm³/mol. The van der Waals surface area contributed by atoms with Gasteiger partial charge in [0, 0.05) is 23.8 Å². The lowest BCUT2D eigenvalue weighted by molar-refractivity contribution is 0.181. The summed E-state index contributed by atoms with van der Waals surface area (Å²) < 4.78 is 19.5. The van der Waals surface area contributed by atoms with Crippen molar-refractivity contribution in [3.05, 3.63) is 58.6 Å². The maximum Gasteiger partial charge on any atom is 0.139 e. The van der Waals surface area contributed by atoms with E-state index in [0.717, 1.165) is 16.6 Å². The summed E-state index contributed by atoms with van der Waals surface area (Å²) in [5, 5.41) is 1.36. The van der Waals surface area contributed by atoms with E-state index in [-0.39, 0.29) is 5.82 Å². The summed E-state index contributed by atoms with van der Waals surface area (Å²) in [7, 11) is 1.62. The number of hydrogen-bond acceptors (Lipinski definition) is 3. The molecule has 5 heteroatoms. The Bertz CT molecular complexity index is 860. The van der Waals surface area contributed by atoms with Crippen molar-refractivity contribution in [1.29, 1.82) is 0 Å². The zero-order valence-electron chi connectivity index (χ0n) is 11.4. The number of benzene rings is 2. The van der Waals surface area contributed by atoms with E-state index < -0.39 is 0 Å². The molecular formula is C16H13FN2OS. The van der Waals surface area contributed by atoms with Crippen LogP contribution in [-0.4, -0.2) is 17.1 Å². The van der Waals surface area contributed by atoms with E-state index in [1.807, 2.05) is 18.2 Å². The Morgan fingerprint density at radius 3 is 2.71 bits per heavy atom. The molecule has 0 saturated carbocycles. The smallest absolute Gasteiger partial charge is 0.139 e. The fourth-order valence-corrected chi connectivity index (χ4v) is 2.57. The number of hydrogen-bond donors (Lipinski definition) is 1. The highest BCUT2D eigenvalue weighted by molar-refractivity contribution is 7.71. The van der Waals surface area contributed by atoms with Gasteiger partial charge in [-0.15, -0.1) is 0 Å². The van der Waals surface area contributed by atoms with Crippen molar-refractivity contribution in [1.82, 2.24) is 9.97 Å². The highest BCUT2D eigenvalue weighted by atomic mass is 32.1. The third-order valence-corrected chi connectivity index (χ3v) is 3.43. The SMILES string of the molecule is COCc1cc(=S)nc(-c2ccc(F)c3ccccc23)[nH]1. The number of methoxy groups -OCH3 is 1. The molecule has 0 bridgehead atoms. The van der Waals surface area contributed by atoms with Crippen molar-refractivity contribution in [2.45, 2.75) is 6.61 Å². The lowest BCUT2D eigenvalue weighted by Crippen LogP contribution is -1.98. The van der Waals surface area contributed by atoms with Crippen LogP contribution >= 0.6 is 12.2 Å². The predicted octanol–water partition coefficient (Wildman–Crippen LogP) is 4.24. The lowest BCUT2D eigenvalue weighted by Gasteiger charge is -2.09. The molecule has 3 rings (SSSR count). The van der Waals surface area contributed by atoms with Crippen LogP contribution in [0, 0.1) is 10.5 Å². The van der Waals surface area contributed by atoms with Crippen LogP contribution in [-0.2, 0) is 11.3 Å². The van der Waals surface area contributed by atoms with Gasteiger partial charge in [-0.05, 0) is 23.6 Å². The van der Waals surface area contributed by atoms with Crippen LogP contribution in [0.2, 0.25) is 0 Å². The summed E-state index contributed by atoms with van der Waals surface area (Å²) in [5.41, 5.74) is 1.65. The molecule has 0 atom stereocenters. The number of aromatic amines is 1. The first-order valence-corrected chi connectivity index (χ1v) is 6.86. The van der Waals surface area contributed by atoms with Crippen molar-refractivity contribution < 1.29 is 9.13 Å². The summed E-state index contributed by atoms with van der Waals surface area (Å²) in [6, 6.07) is 12.2. The van der Waals surface area contributed by atoms with Crippen molar-refractivity contribution in [3.8, 4) is 11.4 Å². The van der Waals surface area contributed by atoms with Crippen LogP contribution < -0.4 is 0 Å². The van der Waals surface area contributed by atoms with Gasteiger partial charge in [-0.25, -0.2) is 9.37 Å². The fourth-order valence-electron chi connectivity index (χ4n) is 2.34. The molecule has 0 radical (unpaired) electrons. The summed E-state index contributed by atoms with van der Waals surface area (Å²) in [5.74, 6) is 0.367. The van der Waals surface area contributed by atoms with Gasteiger partial charge in [-0.2, -0.15) is 0 Å². The molecule has 0 aliphatic rings. The molecule has 1 aromatic heterocycles. The molecule has 2 aromatic carbocycles. The summed E-state index contributed by atoms with van der Waals surface area (Å²) in [4.78, 5) is 7.54. The van der Waals surface area contributed by atoms with Crippen LogP contribution in [0.25, 0.3) is 22.2 Å². The average molecular weight is 300 g/mol. The monoisotopic (exact) mass is 300 g/mol. The normalized spacial score (nSPS) is 11.0. The van der Waals surface area contributed by atoms with Gasteiger partial charge < -0.3 is 9.72 Å². The second-order valence-corrected chi connectivity index (χ2v) is 5.09. The van der Waals surface area contributed by atoms with Crippen molar-refractivity contribution in [3.63, 3.8) is 0 Å². The van der Waals surface area contributed by atoms with Crippen molar-refractivity contribution in [2.24, 2.45) is 0 Å². The van der Waals surface area contributed by atoms with Gasteiger partial charge in [0.05, 0.1) is 6.61 Å². The van der Waals surface area contributed by atoms with E-state index in [1.54, 1.807) is 25.3 Å². The minimum absolute atomic E-state index is 0.249. The first-order chi connectivity index (χ1) is 10.2. The van der Waals surface area contributed by atoms with Crippen LogP contribution in [0.3, 0.4) is 0 Å². The maximum absolute atomic E-state index is 13.9. The Morgan fingerprint density at radius 1 is 1.19 bits per heavy atom. The quantitative estimate of drug-likeness (QED) is 0.735. The second-order valence-electron chi connectivity index (χ2n) is 4.67. The topological polar surface area (TPSA) is 37.9 Å². The Hall–Kier alpha value is -2.11. The number of aromatic nitrogens is 2. The van der Waals surface area contributed by atoms with Crippen molar-refractivity contribution >= 4 is 23.0 Å². The molecule has 0 aliphatic carbocycles. The van der Waals surface area contributed by atoms with E-state index in [1.165, 1.54) is 6.07 Å². The van der Waals surface area contributed by atoms with Crippen LogP contribution in [0.15, 0.2) is 42.5 Å². The Labute approximate surface area is 126 Å². The molecule has 106 valence electrons. The Kier molecular flexibility index (Phi) is 3.77. The number of ether oxygens (including phenoxy) is 1. The molecule has 1 heterocycles. The maximum atomic E-state index is 13.9. The lowest BCUT2D eigenvalue weighted by atomic mass is 10.0. The number of nitrogens with zero attached hydrogens (tertiary/aromatic N) is 1. The van der Waals surface area contributed by atoms with Gasteiger partial charge in [-0.3, -0.25) is 0 Å². The van der Waals surface area contributed by atoms with E-state index in [0.29, 0.717) is 22.5 Å². The van der Waals surface area contributed by atoms with Crippen LogP contribution in [0.1, 0.15) is 5.69 Å². The fraction of sp³-hybridized carbons (Fsp3) is 0.125. The molecule has 3 aromatic rings. The summed E-state index contributed by atoms with van der Waals surface area (Å²) >= 11 is 5.19. The van der Waals surface area contributed by atoms with E-state index >= 15 is 0 Å². The number of rotatable bonds is 3. The zero-order valence-corrected chi connectivity index (χ0v) is 12.2. The Morgan fingerprint density at radius 2 is 1.95 bits per heavy atom. The molecule has 0 fully saturated rings. The van der Waals surface area contributed by atoms with E-state index in [4.69, 9.17) is 17.0 Å². The van der Waals surface area contributed by atoms with Crippen molar-refractivity contribution in [2.75, 3.05) is 7.11 Å². The molecular weight excluding hydrogens is 287 g/mol. The average Bonchev–Trinajstić information content (AvgIpc) is 2.47. The highest BCUT2D eigenvalue weighted by Gasteiger charge is 2.09. The van der Waals surface area contributed by atoms with Gasteiger partial charge in [0.15, 0.2) is 0 Å². The number of nitrogens with one attached hydrogen (secondary N) is 1. The molecule has 0 amide bonds. The van der Waals surface area contributed by atoms with Gasteiger partial charge in [0.2, 0.25) is 0 Å². The Balaban J connectivity index is 2.26. The molecule has 0 saturated heterocycles. The van der Waals surface area contributed by atoms with Gasteiger partial charge in [0.25, 0.3) is 0 Å². The van der Waals surface area contributed by atoms with Gasteiger partial charge in [0.1, 0.15) is 16.3 Å². The highest BCUT2D eigenvalue weighted by Crippen LogP contribution is 2.28. The second kappa shape index (κ2) is 5.71. The standard InChI is InChI=1S/C16H13FN2OS/c1-20-9-10-8-15(21)19-16(18-10)13-6-7-14(17)12-5-3-2-4-11(12)13/h2-8H,9H2,1H3,(H,18,19,21). The number of fused-ring (bicyclic) bond motifs is 1. The number of halogens is 1.